The standard InChI is InChI=1S/C11H22N2O3S/c1-9-5-3-6-10(13-9)11(14)12-7-4-8-17(2,15)16/h9-10,13H,3-8H2,1-2H3,(H,12,14). The van der Waals surface area contributed by atoms with Crippen LogP contribution in [0.2, 0.25) is 0 Å². The molecule has 1 saturated heterocycles. The second-order valence-electron chi connectivity index (χ2n) is 4.83. The molecule has 5 nitrogen and oxygen atoms in total. The summed E-state index contributed by atoms with van der Waals surface area (Å²) in [6.07, 6.45) is 4.72. The Morgan fingerprint density at radius 3 is 2.71 bits per heavy atom. The average molecular weight is 262 g/mol. The van der Waals surface area contributed by atoms with E-state index in [4.69, 9.17) is 0 Å². The second-order valence-corrected chi connectivity index (χ2v) is 7.09. The number of carbonyl (C=O) groups is 1. The van der Waals surface area contributed by atoms with Gasteiger partial charge >= 0.3 is 0 Å². The fraction of sp³-hybridized carbons (Fsp3) is 0.909. The van der Waals surface area contributed by atoms with E-state index in [9.17, 15) is 13.2 Å². The molecule has 1 aliphatic heterocycles. The lowest BCUT2D eigenvalue weighted by Gasteiger charge is -2.27. The number of hydrogen-bond acceptors (Lipinski definition) is 4. The van der Waals surface area contributed by atoms with Crippen LogP contribution in [0.1, 0.15) is 32.6 Å². The highest BCUT2D eigenvalue weighted by Crippen LogP contribution is 2.12. The number of hydrogen-bond donors (Lipinski definition) is 2. The van der Waals surface area contributed by atoms with Gasteiger partial charge in [-0.1, -0.05) is 0 Å². The number of nitrogens with one attached hydrogen (secondary N) is 2. The van der Waals surface area contributed by atoms with E-state index < -0.39 is 9.84 Å². The topological polar surface area (TPSA) is 75.3 Å². The molecule has 2 unspecified atom stereocenters. The number of sulfone groups is 1. The van der Waals surface area contributed by atoms with Crippen molar-refractivity contribution in [2.75, 3.05) is 18.6 Å². The molecule has 1 rings (SSSR count). The van der Waals surface area contributed by atoms with Gasteiger partial charge in [-0.3, -0.25) is 4.79 Å². The molecule has 6 heteroatoms. The SMILES string of the molecule is CC1CCCC(C(=O)NCCCS(C)(=O)=O)N1. The largest absolute Gasteiger partial charge is 0.355 e. The van der Waals surface area contributed by atoms with E-state index in [1.807, 2.05) is 0 Å². The minimum Gasteiger partial charge on any atom is -0.355 e. The van der Waals surface area contributed by atoms with Crippen molar-refractivity contribution >= 4 is 15.7 Å². The first-order valence-corrected chi connectivity index (χ1v) is 8.16. The Kier molecular flexibility index (Phi) is 5.39. The van der Waals surface area contributed by atoms with E-state index in [0.717, 1.165) is 19.3 Å². The Hall–Kier alpha value is -0.620. The maximum absolute atomic E-state index is 11.7. The lowest BCUT2D eigenvalue weighted by molar-refractivity contribution is -0.123. The molecule has 2 N–H and O–H groups in total. The number of piperidine rings is 1. The summed E-state index contributed by atoms with van der Waals surface area (Å²) in [5.41, 5.74) is 0. The molecule has 17 heavy (non-hydrogen) atoms. The smallest absolute Gasteiger partial charge is 0.237 e. The molecule has 100 valence electrons. The lowest BCUT2D eigenvalue weighted by Crippen LogP contribution is -2.50. The molecular weight excluding hydrogens is 240 g/mol. The third kappa shape index (κ3) is 6.02. The van der Waals surface area contributed by atoms with E-state index in [1.54, 1.807) is 0 Å². The van der Waals surface area contributed by atoms with Crippen molar-refractivity contribution in [3.8, 4) is 0 Å². The van der Waals surface area contributed by atoms with Gasteiger partial charge in [0.25, 0.3) is 0 Å². The highest BCUT2D eigenvalue weighted by Gasteiger charge is 2.23. The Balaban J connectivity index is 2.20. The summed E-state index contributed by atoms with van der Waals surface area (Å²) < 4.78 is 21.8. The van der Waals surface area contributed by atoms with Crippen molar-refractivity contribution in [1.29, 1.82) is 0 Å². The van der Waals surface area contributed by atoms with Crippen molar-refractivity contribution in [2.45, 2.75) is 44.7 Å². The maximum Gasteiger partial charge on any atom is 0.237 e. The van der Waals surface area contributed by atoms with E-state index in [-0.39, 0.29) is 17.7 Å². The van der Waals surface area contributed by atoms with Gasteiger partial charge < -0.3 is 10.6 Å². The fourth-order valence-corrected chi connectivity index (χ4v) is 2.68. The van der Waals surface area contributed by atoms with Gasteiger partial charge in [-0.05, 0) is 32.6 Å². The zero-order valence-corrected chi connectivity index (χ0v) is 11.3. The van der Waals surface area contributed by atoms with Gasteiger partial charge in [0.2, 0.25) is 5.91 Å². The zero-order valence-electron chi connectivity index (χ0n) is 10.5. The van der Waals surface area contributed by atoms with Crippen LogP contribution in [0.15, 0.2) is 0 Å². The summed E-state index contributed by atoms with van der Waals surface area (Å²) in [4.78, 5) is 11.7. The van der Waals surface area contributed by atoms with E-state index in [0.29, 0.717) is 19.0 Å². The molecule has 0 saturated carbocycles. The maximum atomic E-state index is 11.7. The second kappa shape index (κ2) is 6.35. The summed E-state index contributed by atoms with van der Waals surface area (Å²) in [5, 5.41) is 6.02. The molecule has 0 aromatic carbocycles. The molecule has 0 aromatic rings. The van der Waals surface area contributed by atoms with Crippen LogP contribution in [0, 0.1) is 0 Å². The highest BCUT2D eigenvalue weighted by atomic mass is 32.2. The average Bonchev–Trinajstić information content (AvgIpc) is 2.23. The fourth-order valence-electron chi connectivity index (χ4n) is 2.01. The summed E-state index contributed by atoms with van der Waals surface area (Å²) in [6, 6.07) is 0.271. The van der Waals surface area contributed by atoms with Gasteiger partial charge in [-0.2, -0.15) is 0 Å². The first-order valence-electron chi connectivity index (χ1n) is 6.10. The first-order chi connectivity index (χ1) is 7.88. The van der Waals surface area contributed by atoms with Gasteiger partial charge in [-0.25, -0.2) is 8.42 Å². The summed E-state index contributed by atoms with van der Waals surface area (Å²) in [5.74, 6) is 0.118. The first kappa shape index (κ1) is 14.4. The Morgan fingerprint density at radius 1 is 1.41 bits per heavy atom. The highest BCUT2D eigenvalue weighted by molar-refractivity contribution is 7.90. The van der Waals surface area contributed by atoms with Crippen molar-refractivity contribution in [3.63, 3.8) is 0 Å². The quantitative estimate of drug-likeness (QED) is 0.687. The third-order valence-electron chi connectivity index (χ3n) is 2.92. The normalized spacial score (nSPS) is 25.5. The molecule has 0 aromatic heterocycles. The van der Waals surface area contributed by atoms with Gasteiger partial charge in [-0.15, -0.1) is 0 Å². The minimum atomic E-state index is -2.92. The summed E-state index contributed by atoms with van der Waals surface area (Å²) >= 11 is 0. The van der Waals surface area contributed by atoms with Gasteiger partial charge in [0.15, 0.2) is 0 Å². The molecular formula is C11H22N2O3S. The predicted molar refractivity (Wildman–Crippen MR) is 67.6 cm³/mol. The van der Waals surface area contributed by atoms with Crippen LogP contribution in [0.25, 0.3) is 0 Å². The molecule has 0 aliphatic carbocycles. The zero-order chi connectivity index (χ0) is 12.9. The molecule has 0 radical (unpaired) electrons. The van der Waals surface area contributed by atoms with Crippen LogP contribution in [-0.4, -0.2) is 45.0 Å². The molecule has 0 bridgehead atoms. The third-order valence-corrected chi connectivity index (χ3v) is 3.95. The van der Waals surface area contributed by atoms with E-state index in [2.05, 4.69) is 17.6 Å². The number of carbonyl (C=O) groups excluding carboxylic acids is 1. The van der Waals surface area contributed by atoms with E-state index in [1.165, 1.54) is 6.26 Å². The van der Waals surface area contributed by atoms with Crippen LogP contribution in [0.3, 0.4) is 0 Å². The van der Waals surface area contributed by atoms with Crippen LogP contribution in [0.4, 0.5) is 0 Å². The van der Waals surface area contributed by atoms with Crippen LogP contribution >= 0.6 is 0 Å². The van der Waals surface area contributed by atoms with Crippen LogP contribution in [-0.2, 0) is 14.6 Å². The molecule has 2 atom stereocenters. The minimum absolute atomic E-state index is 0.00921. The van der Waals surface area contributed by atoms with Gasteiger partial charge in [0.1, 0.15) is 9.84 Å². The van der Waals surface area contributed by atoms with Crippen LogP contribution < -0.4 is 10.6 Å². The number of amides is 1. The molecule has 1 amide bonds. The van der Waals surface area contributed by atoms with Crippen molar-refractivity contribution < 1.29 is 13.2 Å². The van der Waals surface area contributed by atoms with Crippen molar-refractivity contribution in [1.82, 2.24) is 10.6 Å². The monoisotopic (exact) mass is 262 g/mol. The van der Waals surface area contributed by atoms with Crippen molar-refractivity contribution in [3.05, 3.63) is 0 Å². The Labute approximate surface area is 103 Å². The Bertz CT molecular complexity index is 354. The van der Waals surface area contributed by atoms with Crippen molar-refractivity contribution in [2.24, 2.45) is 0 Å². The molecule has 1 aliphatic rings. The van der Waals surface area contributed by atoms with E-state index >= 15 is 0 Å². The molecule has 1 heterocycles. The predicted octanol–water partition coefficient (Wildman–Crippen LogP) is 0.0679. The van der Waals surface area contributed by atoms with Gasteiger partial charge in [0.05, 0.1) is 11.8 Å². The molecule has 0 spiro atoms. The number of rotatable bonds is 5. The van der Waals surface area contributed by atoms with Gasteiger partial charge in [0, 0.05) is 18.8 Å². The Morgan fingerprint density at radius 2 is 2.12 bits per heavy atom. The van der Waals surface area contributed by atoms with Crippen LogP contribution in [0.5, 0.6) is 0 Å². The molecule has 1 fully saturated rings. The lowest BCUT2D eigenvalue weighted by atomic mass is 9.99. The summed E-state index contributed by atoms with van der Waals surface area (Å²) in [6.45, 7) is 2.50. The summed E-state index contributed by atoms with van der Waals surface area (Å²) in [7, 11) is -2.92.